The van der Waals surface area contributed by atoms with E-state index >= 15 is 0 Å². The smallest absolute Gasteiger partial charge is 0.488 e. The summed E-state index contributed by atoms with van der Waals surface area (Å²) in [4.78, 5) is 34.7. The number of aliphatic carboxylic acids is 1. The second-order valence-corrected chi connectivity index (χ2v) is 7.23. The molecule has 1 fully saturated rings. The molecule has 0 saturated carbocycles. The zero-order valence-corrected chi connectivity index (χ0v) is 17.4. The molecule has 2 aromatic carbocycles. The third kappa shape index (κ3) is 7.13. The zero-order chi connectivity index (χ0) is 23.7. The highest BCUT2D eigenvalue weighted by molar-refractivity contribution is 8.18. The van der Waals surface area contributed by atoms with E-state index in [-0.39, 0.29) is 24.2 Å². The maximum absolute atomic E-state index is 12.3. The Balaban J connectivity index is 0.000000451. The summed E-state index contributed by atoms with van der Waals surface area (Å²) in [5.74, 6) is -2.40. The summed E-state index contributed by atoms with van der Waals surface area (Å²) in [6.45, 7) is 0.913. The molecule has 7 nitrogen and oxygen atoms in total. The maximum atomic E-state index is 12.3. The Labute approximate surface area is 185 Å². The summed E-state index contributed by atoms with van der Waals surface area (Å²) in [5, 5.41) is 6.84. The van der Waals surface area contributed by atoms with Crippen LogP contribution in [-0.4, -0.2) is 46.4 Å². The SMILES string of the molecule is NCCN1C(=O)S/C(=C\c2ccccc2OCc2ccccc2)C1=O.O=C(O)C(F)(F)F. The number of nitrogens with two attached hydrogens (primary N) is 1. The van der Waals surface area contributed by atoms with Crippen molar-refractivity contribution in [2.24, 2.45) is 5.73 Å². The van der Waals surface area contributed by atoms with Gasteiger partial charge in [-0.1, -0.05) is 48.5 Å². The molecule has 2 aromatic rings. The molecular weight excluding hydrogens is 449 g/mol. The standard InChI is InChI=1S/C19H18N2O3S.C2HF3O2/c20-10-11-21-18(22)17(25-19(21)23)12-15-8-4-5-9-16(15)24-13-14-6-2-1-3-7-14;3-2(4,5)1(6)7/h1-9,12H,10-11,13,20H2;(H,6,7)/b17-12-;. The van der Waals surface area contributed by atoms with Gasteiger partial charge in [-0.2, -0.15) is 13.2 Å². The summed E-state index contributed by atoms with van der Waals surface area (Å²) < 4.78 is 37.6. The fraction of sp³-hybridized carbons (Fsp3) is 0.190. The first-order valence-electron chi connectivity index (χ1n) is 9.14. The molecule has 1 aliphatic heterocycles. The van der Waals surface area contributed by atoms with Crippen molar-refractivity contribution in [1.82, 2.24) is 4.90 Å². The van der Waals surface area contributed by atoms with Gasteiger partial charge in [0.15, 0.2) is 0 Å². The van der Waals surface area contributed by atoms with Crippen LogP contribution in [0.2, 0.25) is 0 Å². The van der Waals surface area contributed by atoms with Crippen LogP contribution in [0, 0.1) is 0 Å². The van der Waals surface area contributed by atoms with Gasteiger partial charge in [0.1, 0.15) is 12.4 Å². The first-order chi connectivity index (χ1) is 15.1. The van der Waals surface area contributed by atoms with Crippen molar-refractivity contribution >= 4 is 35.0 Å². The molecule has 170 valence electrons. The first-order valence-corrected chi connectivity index (χ1v) is 9.96. The summed E-state index contributed by atoms with van der Waals surface area (Å²) in [6, 6.07) is 17.3. The fourth-order valence-electron chi connectivity index (χ4n) is 2.43. The molecule has 0 spiro atoms. The van der Waals surface area contributed by atoms with E-state index in [1.807, 2.05) is 54.6 Å². The van der Waals surface area contributed by atoms with Crippen molar-refractivity contribution in [2.75, 3.05) is 13.1 Å². The van der Waals surface area contributed by atoms with Crippen LogP contribution in [0.3, 0.4) is 0 Å². The van der Waals surface area contributed by atoms with Crippen molar-refractivity contribution in [3.05, 3.63) is 70.6 Å². The molecule has 0 aromatic heterocycles. The van der Waals surface area contributed by atoms with Gasteiger partial charge < -0.3 is 15.6 Å². The van der Waals surface area contributed by atoms with Crippen molar-refractivity contribution in [3.8, 4) is 5.75 Å². The van der Waals surface area contributed by atoms with E-state index in [9.17, 15) is 22.8 Å². The van der Waals surface area contributed by atoms with E-state index < -0.39 is 12.1 Å². The number of imide groups is 1. The van der Waals surface area contributed by atoms with Gasteiger partial charge in [0, 0.05) is 18.7 Å². The lowest BCUT2D eigenvalue weighted by Gasteiger charge is -2.10. The number of para-hydroxylation sites is 1. The molecule has 3 rings (SSSR count). The molecule has 0 aliphatic carbocycles. The van der Waals surface area contributed by atoms with Gasteiger partial charge in [-0.3, -0.25) is 14.5 Å². The van der Waals surface area contributed by atoms with Crippen LogP contribution >= 0.6 is 11.8 Å². The number of nitrogens with zero attached hydrogens (tertiary/aromatic N) is 1. The minimum atomic E-state index is -5.08. The lowest BCUT2D eigenvalue weighted by atomic mass is 10.1. The van der Waals surface area contributed by atoms with Crippen molar-refractivity contribution in [1.29, 1.82) is 0 Å². The molecule has 2 amide bonds. The van der Waals surface area contributed by atoms with Crippen molar-refractivity contribution in [3.63, 3.8) is 0 Å². The van der Waals surface area contributed by atoms with Gasteiger partial charge in [0.25, 0.3) is 11.1 Å². The van der Waals surface area contributed by atoms with Gasteiger partial charge in [0.2, 0.25) is 0 Å². The van der Waals surface area contributed by atoms with Gasteiger partial charge >= 0.3 is 12.1 Å². The van der Waals surface area contributed by atoms with Crippen molar-refractivity contribution in [2.45, 2.75) is 12.8 Å². The number of hydrogen-bond donors (Lipinski definition) is 2. The molecule has 0 radical (unpaired) electrons. The van der Waals surface area contributed by atoms with Crippen LogP contribution in [0.1, 0.15) is 11.1 Å². The second kappa shape index (κ2) is 11.3. The number of halogens is 3. The highest BCUT2D eigenvalue weighted by Gasteiger charge is 2.38. The molecule has 3 N–H and O–H groups in total. The zero-order valence-electron chi connectivity index (χ0n) is 16.5. The van der Waals surface area contributed by atoms with Crippen LogP contribution in [0.4, 0.5) is 18.0 Å². The summed E-state index contributed by atoms with van der Waals surface area (Å²) in [7, 11) is 0. The highest BCUT2D eigenvalue weighted by atomic mass is 32.2. The van der Waals surface area contributed by atoms with Gasteiger partial charge in [-0.05, 0) is 29.5 Å². The van der Waals surface area contributed by atoms with Gasteiger partial charge in [-0.15, -0.1) is 0 Å². The minimum Gasteiger partial charge on any atom is -0.488 e. The third-order valence-corrected chi connectivity index (χ3v) is 4.82. The summed E-state index contributed by atoms with van der Waals surface area (Å²) in [5.41, 5.74) is 7.27. The van der Waals surface area contributed by atoms with E-state index in [0.29, 0.717) is 17.3 Å². The van der Waals surface area contributed by atoms with Crippen LogP contribution in [0.5, 0.6) is 5.75 Å². The third-order valence-electron chi connectivity index (χ3n) is 3.91. The Bertz CT molecular complexity index is 996. The number of thioether (sulfide) groups is 1. The van der Waals surface area contributed by atoms with Crippen LogP contribution in [-0.2, 0) is 16.2 Å². The number of carboxylic acid groups (broad SMARTS) is 1. The van der Waals surface area contributed by atoms with E-state index in [1.165, 1.54) is 4.90 Å². The van der Waals surface area contributed by atoms with Crippen LogP contribution in [0.25, 0.3) is 6.08 Å². The van der Waals surface area contributed by atoms with E-state index in [1.54, 1.807) is 6.08 Å². The second-order valence-electron chi connectivity index (χ2n) is 6.24. The Hall–Kier alpha value is -3.31. The Morgan fingerprint density at radius 2 is 1.69 bits per heavy atom. The lowest BCUT2D eigenvalue weighted by molar-refractivity contribution is -0.192. The Morgan fingerprint density at radius 1 is 1.09 bits per heavy atom. The largest absolute Gasteiger partial charge is 0.490 e. The number of ether oxygens (including phenoxy) is 1. The lowest BCUT2D eigenvalue weighted by Crippen LogP contribution is -2.33. The van der Waals surface area contributed by atoms with Crippen LogP contribution < -0.4 is 10.5 Å². The number of amides is 2. The number of hydrogen-bond acceptors (Lipinski definition) is 6. The van der Waals surface area contributed by atoms with Gasteiger partial charge in [-0.25, -0.2) is 4.79 Å². The van der Waals surface area contributed by atoms with E-state index in [0.717, 1.165) is 22.9 Å². The topological polar surface area (TPSA) is 110 Å². The highest BCUT2D eigenvalue weighted by Crippen LogP contribution is 2.33. The van der Waals surface area contributed by atoms with Crippen LogP contribution in [0.15, 0.2) is 59.5 Å². The predicted octanol–water partition coefficient (Wildman–Crippen LogP) is 3.89. The summed E-state index contributed by atoms with van der Waals surface area (Å²) in [6.07, 6.45) is -3.39. The molecule has 1 aliphatic rings. The molecule has 0 atom stereocenters. The number of carbonyl (C=O) groups excluding carboxylic acids is 2. The minimum absolute atomic E-state index is 0.230. The molecule has 1 saturated heterocycles. The van der Waals surface area contributed by atoms with E-state index in [2.05, 4.69) is 0 Å². The molecule has 0 unspecified atom stereocenters. The number of rotatable bonds is 6. The monoisotopic (exact) mass is 468 g/mol. The van der Waals surface area contributed by atoms with Gasteiger partial charge in [0.05, 0.1) is 4.91 Å². The number of carboxylic acids is 1. The average Bonchev–Trinajstić information content (AvgIpc) is 3.01. The van der Waals surface area contributed by atoms with Crippen molar-refractivity contribution < 1.29 is 37.4 Å². The average molecular weight is 468 g/mol. The fourth-order valence-corrected chi connectivity index (χ4v) is 3.29. The molecule has 32 heavy (non-hydrogen) atoms. The maximum Gasteiger partial charge on any atom is 0.490 e. The number of carbonyl (C=O) groups is 3. The number of benzene rings is 2. The summed E-state index contributed by atoms with van der Waals surface area (Å²) >= 11 is 0.927. The predicted molar refractivity (Wildman–Crippen MR) is 113 cm³/mol. The molecule has 0 bridgehead atoms. The Kier molecular flexibility index (Phi) is 8.85. The Morgan fingerprint density at radius 3 is 2.28 bits per heavy atom. The quantitative estimate of drug-likeness (QED) is 0.619. The first kappa shape index (κ1) is 25.0. The normalized spacial score (nSPS) is 14.9. The molecular formula is C21H19F3N2O5S. The van der Waals surface area contributed by atoms with E-state index in [4.69, 9.17) is 20.4 Å². The number of alkyl halides is 3. The molecule has 1 heterocycles. The molecule has 11 heteroatoms.